The van der Waals surface area contributed by atoms with E-state index in [1.54, 1.807) is 28.9 Å². The lowest BCUT2D eigenvalue weighted by atomic mass is 10.1. The quantitative estimate of drug-likeness (QED) is 0.617. The number of aromatic nitrogens is 2. The molecule has 0 aliphatic rings. The average Bonchev–Trinajstić information content (AvgIpc) is 2.91. The number of hydrogen-bond acceptors (Lipinski definition) is 2. The van der Waals surface area contributed by atoms with Crippen molar-refractivity contribution in [2.24, 2.45) is 0 Å². The zero-order valence-corrected chi connectivity index (χ0v) is 15.3. The van der Waals surface area contributed by atoms with Crippen molar-refractivity contribution in [2.75, 3.05) is 5.32 Å². The van der Waals surface area contributed by atoms with Gasteiger partial charge in [0.1, 0.15) is 11.6 Å². The molecule has 0 saturated heterocycles. The fourth-order valence-corrected chi connectivity index (χ4v) is 2.98. The van der Waals surface area contributed by atoms with Gasteiger partial charge in [-0.25, -0.2) is 9.07 Å². The highest BCUT2D eigenvalue weighted by Crippen LogP contribution is 2.21. The number of hydrogen-bond donors (Lipinski definition) is 1. The third-order valence-corrected chi connectivity index (χ3v) is 5.01. The van der Waals surface area contributed by atoms with Gasteiger partial charge < -0.3 is 5.32 Å². The molecule has 0 saturated carbocycles. The maximum absolute atomic E-state index is 13.1. The van der Waals surface area contributed by atoms with Crippen LogP contribution in [0.2, 0.25) is 0 Å². The molecule has 6 heteroatoms. The molecule has 1 aromatic heterocycles. The molecule has 122 valence electrons. The van der Waals surface area contributed by atoms with Crippen molar-refractivity contribution in [3.63, 3.8) is 0 Å². The fourth-order valence-electron chi connectivity index (χ4n) is 2.37. The molecule has 0 unspecified atom stereocenters. The summed E-state index contributed by atoms with van der Waals surface area (Å²) in [6.07, 6.45) is 0. The van der Waals surface area contributed by atoms with Crippen LogP contribution in [0.15, 0.2) is 48.5 Å². The topological polar surface area (TPSA) is 46.9 Å². The van der Waals surface area contributed by atoms with Gasteiger partial charge in [0.25, 0.3) is 5.91 Å². The molecule has 4 nitrogen and oxygen atoms in total. The van der Waals surface area contributed by atoms with E-state index in [0.29, 0.717) is 17.1 Å². The third kappa shape index (κ3) is 3.33. The number of benzene rings is 2. The van der Waals surface area contributed by atoms with Crippen molar-refractivity contribution in [3.8, 4) is 5.69 Å². The van der Waals surface area contributed by atoms with Gasteiger partial charge in [-0.2, -0.15) is 5.10 Å². The van der Waals surface area contributed by atoms with E-state index >= 15 is 0 Å². The predicted octanol–water partition coefficient (Wildman–Crippen LogP) is 4.49. The maximum atomic E-state index is 13.1. The first-order valence-corrected chi connectivity index (χ1v) is 8.42. The van der Waals surface area contributed by atoms with Gasteiger partial charge >= 0.3 is 0 Å². The van der Waals surface area contributed by atoms with Crippen molar-refractivity contribution in [1.29, 1.82) is 0 Å². The normalized spacial score (nSPS) is 10.7. The van der Waals surface area contributed by atoms with Crippen molar-refractivity contribution in [2.45, 2.75) is 13.8 Å². The summed E-state index contributed by atoms with van der Waals surface area (Å²) in [4.78, 5) is 12.6. The summed E-state index contributed by atoms with van der Waals surface area (Å²) in [5.74, 6) is 0.0234. The van der Waals surface area contributed by atoms with Crippen molar-refractivity contribution in [1.82, 2.24) is 9.78 Å². The summed E-state index contributed by atoms with van der Waals surface area (Å²) in [5, 5.41) is 7.27. The Labute approximate surface area is 152 Å². The molecule has 3 rings (SSSR count). The van der Waals surface area contributed by atoms with E-state index in [1.807, 2.05) is 26.0 Å². The second-order valence-corrected chi connectivity index (χ2v) is 6.53. The fraction of sp³-hybridized carbons (Fsp3) is 0.111. The van der Waals surface area contributed by atoms with E-state index in [2.05, 4.69) is 33.0 Å². The SMILES string of the molecule is Cc1cc(NC(=O)c2cccc(C)c2I)n(-c2ccc(F)cc2)n1. The van der Waals surface area contributed by atoms with Crippen LogP contribution in [-0.4, -0.2) is 15.7 Å². The Kier molecular flexibility index (Phi) is 4.66. The van der Waals surface area contributed by atoms with E-state index in [9.17, 15) is 9.18 Å². The molecule has 3 aromatic rings. The van der Waals surface area contributed by atoms with Crippen LogP contribution in [0, 0.1) is 23.2 Å². The summed E-state index contributed by atoms with van der Waals surface area (Å²) in [6.45, 7) is 3.80. The zero-order valence-electron chi connectivity index (χ0n) is 13.2. The Bertz CT molecular complexity index is 903. The molecule has 0 aliphatic heterocycles. The predicted molar refractivity (Wildman–Crippen MR) is 100 cm³/mol. The van der Waals surface area contributed by atoms with Crippen molar-refractivity contribution in [3.05, 3.63) is 74.7 Å². The lowest BCUT2D eigenvalue weighted by Crippen LogP contribution is -2.16. The second-order valence-electron chi connectivity index (χ2n) is 5.45. The summed E-state index contributed by atoms with van der Waals surface area (Å²) >= 11 is 2.17. The maximum Gasteiger partial charge on any atom is 0.257 e. The van der Waals surface area contributed by atoms with Crippen LogP contribution in [0.25, 0.3) is 5.69 Å². The summed E-state index contributed by atoms with van der Waals surface area (Å²) < 4.78 is 15.6. The van der Waals surface area contributed by atoms with Crippen LogP contribution in [0.3, 0.4) is 0 Å². The van der Waals surface area contributed by atoms with Crippen LogP contribution >= 0.6 is 22.6 Å². The molecule has 0 spiro atoms. The summed E-state index contributed by atoms with van der Waals surface area (Å²) in [5.41, 5.74) is 3.10. The van der Waals surface area contributed by atoms with Gasteiger partial charge in [0, 0.05) is 9.64 Å². The van der Waals surface area contributed by atoms with Gasteiger partial charge in [0.15, 0.2) is 0 Å². The largest absolute Gasteiger partial charge is 0.306 e. The molecule has 0 fully saturated rings. The molecule has 0 bridgehead atoms. The molecule has 1 heterocycles. The highest BCUT2D eigenvalue weighted by atomic mass is 127. The number of amides is 1. The number of anilines is 1. The minimum atomic E-state index is -0.317. The number of carbonyl (C=O) groups excluding carboxylic acids is 1. The summed E-state index contributed by atoms with van der Waals surface area (Å²) in [6, 6.07) is 13.4. The molecular weight excluding hydrogens is 420 g/mol. The minimum absolute atomic E-state index is 0.202. The first kappa shape index (κ1) is 16.6. The van der Waals surface area contributed by atoms with Crippen LogP contribution in [0.1, 0.15) is 21.6 Å². The number of nitrogens with zero attached hydrogens (tertiary/aromatic N) is 2. The lowest BCUT2D eigenvalue weighted by Gasteiger charge is -2.10. The van der Waals surface area contributed by atoms with Gasteiger partial charge in [0.05, 0.1) is 16.9 Å². The standard InChI is InChI=1S/C18H15FIN3O/c1-11-4-3-5-15(17(11)20)18(24)21-16-10-12(2)22-23(16)14-8-6-13(19)7-9-14/h3-10H,1-2H3,(H,21,24). The Morgan fingerprint density at radius 2 is 1.88 bits per heavy atom. The smallest absolute Gasteiger partial charge is 0.257 e. The molecular formula is C18H15FIN3O. The second kappa shape index (κ2) is 6.72. The molecule has 0 atom stereocenters. The number of carbonyl (C=O) groups is 1. The molecule has 24 heavy (non-hydrogen) atoms. The van der Waals surface area contributed by atoms with Gasteiger partial charge in [-0.15, -0.1) is 0 Å². The minimum Gasteiger partial charge on any atom is -0.306 e. The summed E-state index contributed by atoms with van der Waals surface area (Å²) in [7, 11) is 0. The van der Waals surface area contributed by atoms with Crippen molar-refractivity contribution < 1.29 is 9.18 Å². The molecule has 0 aliphatic carbocycles. The van der Waals surface area contributed by atoms with Gasteiger partial charge in [0.2, 0.25) is 0 Å². The number of halogens is 2. The molecule has 1 N–H and O–H groups in total. The Morgan fingerprint density at radius 1 is 1.17 bits per heavy atom. The van der Waals surface area contributed by atoms with E-state index in [4.69, 9.17) is 0 Å². The van der Waals surface area contributed by atoms with Crippen LogP contribution in [-0.2, 0) is 0 Å². The number of nitrogens with one attached hydrogen (secondary N) is 1. The molecule has 2 aromatic carbocycles. The Balaban J connectivity index is 1.94. The van der Waals surface area contributed by atoms with Gasteiger partial charge in [-0.3, -0.25) is 4.79 Å². The number of aryl methyl sites for hydroxylation is 2. The van der Waals surface area contributed by atoms with Crippen LogP contribution in [0.4, 0.5) is 10.2 Å². The first-order valence-electron chi connectivity index (χ1n) is 7.35. The van der Waals surface area contributed by atoms with E-state index < -0.39 is 0 Å². The Morgan fingerprint density at radius 3 is 2.58 bits per heavy atom. The highest BCUT2D eigenvalue weighted by molar-refractivity contribution is 14.1. The van der Waals surface area contributed by atoms with Crippen molar-refractivity contribution >= 4 is 34.3 Å². The van der Waals surface area contributed by atoms with Crippen LogP contribution < -0.4 is 5.32 Å². The van der Waals surface area contributed by atoms with Gasteiger partial charge in [-0.1, -0.05) is 12.1 Å². The zero-order chi connectivity index (χ0) is 17.3. The first-order chi connectivity index (χ1) is 11.5. The average molecular weight is 435 g/mol. The van der Waals surface area contributed by atoms with E-state index in [-0.39, 0.29) is 11.7 Å². The molecule has 0 radical (unpaired) electrons. The van der Waals surface area contributed by atoms with Crippen LogP contribution in [0.5, 0.6) is 0 Å². The van der Waals surface area contributed by atoms with E-state index in [1.165, 1.54) is 12.1 Å². The van der Waals surface area contributed by atoms with E-state index in [0.717, 1.165) is 14.8 Å². The Hall–Kier alpha value is -2.22. The highest BCUT2D eigenvalue weighted by Gasteiger charge is 2.15. The lowest BCUT2D eigenvalue weighted by molar-refractivity contribution is 0.102. The number of rotatable bonds is 3. The third-order valence-electron chi connectivity index (χ3n) is 3.58. The monoisotopic (exact) mass is 435 g/mol. The molecule has 1 amide bonds. The van der Waals surface area contributed by atoms with Gasteiger partial charge in [-0.05, 0) is 72.3 Å².